The highest BCUT2D eigenvalue weighted by molar-refractivity contribution is 7.09. The lowest BCUT2D eigenvalue weighted by Gasteiger charge is -2.23. The number of pyridine rings is 1. The molecule has 158 valence electrons. The number of nitrogens with one attached hydrogen (secondary N) is 2. The van der Waals surface area contributed by atoms with Crippen LogP contribution in [0.2, 0.25) is 5.02 Å². The zero-order valence-electron chi connectivity index (χ0n) is 17.2. The first-order chi connectivity index (χ1) is 14.9. The number of aromatic amines is 1. The predicted octanol–water partition coefficient (Wildman–Crippen LogP) is 6.09. The number of rotatable bonds is 5. The molecule has 0 aliphatic heterocycles. The van der Waals surface area contributed by atoms with Gasteiger partial charge in [-0.2, -0.15) is 0 Å². The summed E-state index contributed by atoms with van der Waals surface area (Å²) in [6, 6.07) is 16.6. The fraction of sp³-hybridized carbons (Fsp3) is 0.167. The molecule has 2 N–H and O–H groups in total. The molecule has 4 rings (SSSR count). The zero-order chi connectivity index (χ0) is 22.0. The van der Waals surface area contributed by atoms with Gasteiger partial charge in [-0.25, -0.2) is 4.79 Å². The molecule has 2 aromatic heterocycles. The second kappa shape index (κ2) is 8.96. The van der Waals surface area contributed by atoms with Crippen molar-refractivity contribution in [2.24, 2.45) is 0 Å². The number of carbonyl (C=O) groups is 1. The number of thiophene rings is 1. The minimum Gasteiger partial charge on any atom is -0.321 e. The van der Waals surface area contributed by atoms with Crippen molar-refractivity contribution in [3.8, 4) is 0 Å². The van der Waals surface area contributed by atoms with Crippen LogP contribution in [0.5, 0.6) is 0 Å². The van der Waals surface area contributed by atoms with Crippen LogP contribution in [0.25, 0.3) is 10.9 Å². The molecule has 0 aliphatic rings. The Labute approximate surface area is 189 Å². The third-order valence-corrected chi connectivity index (χ3v) is 6.51. The summed E-state index contributed by atoms with van der Waals surface area (Å²) in [5.74, 6) is 0. The molecule has 0 saturated heterocycles. The van der Waals surface area contributed by atoms with Gasteiger partial charge < -0.3 is 15.2 Å². The van der Waals surface area contributed by atoms with Gasteiger partial charge in [-0.05, 0) is 60.0 Å². The standard InChI is InChI=1S/C24H22ClN3O2S/c1-15-9-10-17-12-18(23(29)27-22(17)16(15)2)13-28(14-19-6-5-11-31-19)24(30)26-21-8-4-3-7-20(21)25/h3-12H,13-14H2,1-2H3,(H,26,30)(H,27,29). The van der Waals surface area contributed by atoms with Crippen LogP contribution in [0.4, 0.5) is 10.5 Å². The predicted molar refractivity (Wildman–Crippen MR) is 128 cm³/mol. The number of hydrogen-bond acceptors (Lipinski definition) is 3. The van der Waals surface area contributed by atoms with Crippen molar-refractivity contribution in [2.75, 3.05) is 5.32 Å². The van der Waals surface area contributed by atoms with Gasteiger partial charge in [0.15, 0.2) is 0 Å². The molecule has 0 radical (unpaired) electrons. The van der Waals surface area contributed by atoms with Crippen molar-refractivity contribution in [3.63, 3.8) is 0 Å². The van der Waals surface area contributed by atoms with Crippen LogP contribution in [0.1, 0.15) is 21.6 Å². The van der Waals surface area contributed by atoms with Crippen molar-refractivity contribution in [1.82, 2.24) is 9.88 Å². The van der Waals surface area contributed by atoms with Crippen LogP contribution in [0.3, 0.4) is 0 Å². The maximum absolute atomic E-state index is 13.1. The van der Waals surface area contributed by atoms with Crippen LogP contribution in [-0.4, -0.2) is 15.9 Å². The van der Waals surface area contributed by atoms with Gasteiger partial charge in [0.05, 0.1) is 29.3 Å². The molecule has 4 aromatic rings. The second-order valence-corrected chi connectivity index (χ2v) is 8.88. The lowest BCUT2D eigenvalue weighted by molar-refractivity contribution is 0.207. The highest BCUT2D eigenvalue weighted by atomic mass is 35.5. The topological polar surface area (TPSA) is 65.2 Å². The summed E-state index contributed by atoms with van der Waals surface area (Å²) in [5.41, 5.74) is 3.87. The highest BCUT2D eigenvalue weighted by Gasteiger charge is 2.18. The van der Waals surface area contributed by atoms with Crippen molar-refractivity contribution in [1.29, 1.82) is 0 Å². The van der Waals surface area contributed by atoms with Crippen molar-refractivity contribution >= 4 is 45.6 Å². The number of nitrogens with zero attached hydrogens (tertiary/aromatic N) is 1. The first-order valence-electron chi connectivity index (χ1n) is 9.87. The van der Waals surface area contributed by atoms with Crippen molar-refractivity contribution in [3.05, 3.63) is 96.9 Å². The molecule has 5 nitrogen and oxygen atoms in total. The minimum atomic E-state index is -0.318. The second-order valence-electron chi connectivity index (χ2n) is 7.44. The lowest BCUT2D eigenvalue weighted by atomic mass is 10.0. The number of para-hydroxylation sites is 1. The number of hydrogen-bond donors (Lipinski definition) is 2. The average molecular weight is 452 g/mol. The number of fused-ring (bicyclic) bond motifs is 1. The molecule has 31 heavy (non-hydrogen) atoms. The number of carbonyl (C=O) groups excluding carboxylic acids is 1. The number of benzene rings is 2. The van der Waals surface area contributed by atoms with E-state index in [9.17, 15) is 9.59 Å². The molecular weight excluding hydrogens is 430 g/mol. The monoisotopic (exact) mass is 451 g/mol. The maximum Gasteiger partial charge on any atom is 0.322 e. The molecule has 2 heterocycles. The van der Waals surface area contributed by atoms with Crippen LogP contribution in [-0.2, 0) is 13.1 Å². The fourth-order valence-corrected chi connectivity index (χ4v) is 4.34. The van der Waals surface area contributed by atoms with Crippen LogP contribution >= 0.6 is 22.9 Å². The molecule has 2 amide bonds. The van der Waals surface area contributed by atoms with E-state index in [4.69, 9.17) is 11.6 Å². The third kappa shape index (κ3) is 4.65. The quantitative estimate of drug-likeness (QED) is 0.385. The Morgan fingerprint density at radius 3 is 2.65 bits per heavy atom. The van der Waals surface area contributed by atoms with Gasteiger partial charge in [0.2, 0.25) is 0 Å². The van der Waals surface area contributed by atoms with E-state index in [0.29, 0.717) is 22.8 Å². The van der Waals surface area contributed by atoms with E-state index in [-0.39, 0.29) is 18.1 Å². The maximum atomic E-state index is 13.1. The van der Waals surface area contributed by atoms with E-state index in [1.54, 1.807) is 34.4 Å². The smallest absolute Gasteiger partial charge is 0.321 e. The molecule has 0 aliphatic carbocycles. The zero-order valence-corrected chi connectivity index (χ0v) is 18.8. The van der Waals surface area contributed by atoms with Crippen molar-refractivity contribution in [2.45, 2.75) is 26.9 Å². The fourth-order valence-electron chi connectivity index (χ4n) is 3.44. The van der Waals surface area contributed by atoms with Gasteiger partial charge in [0.25, 0.3) is 5.56 Å². The number of H-pyrrole nitrogens is 1. The number of anilines is 1. The van der Waals surface area contributed by atoms with E-state index in [1.807, 2.05) is 55.6 Å². The summed E-state index contributed by atoms with van der Waals surface area (Å²) in [7, 11) is 0. The summed E-state index contributed by atoms with van der Waals surface area (Å²) in [5, 5.41) is 6.23. The minimum absolute atomic E-state index is 0.173. The van der Waals surface area contributed by atoms with E-state index in [0.717, 1.165) is 26.9 Å². The number of aromatic nitrogens is 1. The molecule has 0 fully saturated rings. The first-order valence-corrected chi connectivity index (χ1v) is 11.1. The van der Waals surface area contributed by atoms with Crippen LogP contribution < -0.4 is 10.9 Å². The van der Waals surface area contributed by atoms with E-state index in [2.05, 4.69) is 10.3 Å². The van der Waals surface area contributed by atoms with E-state index in [1.165, 1.54) is 0 Å². The Bertz CT molecular complexity index is 1300. The normalized spacial score (nSPS) is 10.9. The molecule has 0 atom stereocenters. The molecule has 2 aromatic carbocycles. The van der Waals surface area contributed by atoms with Gasteiger partial charge in [0.1, 0.15) is 0 Å². The summed E-state index contributed by atoms with van der Waals surface area (Å²) in [4.78, 5) is 31.6. The van der Waals surface area contributed by atoms with E-state index >= 15 is 0 Å². The Morgan fingerprint density at radius 2 is 1.90 bits per heavy atom. The van der Waals surface area contributed by atoms with Gasteiger partial charge in [-0.3, -0.25) is 4.79 Å². The summed E-state index contributed by atoms with van der Waals surface area (Å²) < 4.78 is 0. The van der Waals surface area contributed by atoms with Crippen molar-refractivity contribution < 1.29 is 4.79 Å². The number of urea groups is 1. The third-order valence-electron chi connectivity index (χ3n) is 5.32. The molecule has 0 unspecified atom stereocenters. The molecule has 7 heteroatoms. The van der Waals surface area contributed by atoms with Gasteiger partial charge >= 0.3 is 6.03 Å². The summed E-state index contributed by atoms with van der Waals surface area (Å²) in [6.07, 6.45) is 0. The summed E-state index contributed by atoms with van der Waals surface area (Å²) >= 11 is 7.77. The Hall–Kier alpha value is -3.09. The molecule has 0 spiro atoms. The molecule has 0 saturated carbocycles. The molecule has 0 bridgehead atoms. The van der Waals surface area contributed by atoms with Gasteiger partial charge in [-0.1, -0.05) is 41.9 Å². The highest BCUT2D eigenvalue weighted by Crippen LogP contribution is 2.23. The number of aryl methyl sites for hydroxylation is 2. The van der Waals surface area contributed by atoms with Gasteiger partial charge in [0, 0.05) is 10.4 Å². The average Bonchev–Trinajstić information content (AvgIpc) is 3.26. The summed E-state index contributed by atoms with van der Waals surface area (Å²) in [6.45, 7) is 4.57. The SMILES string of the molecule is Cc1ccc2cc(CN(Cc3cccs3)C(=O)Nc3ccccc3Cl)c(=O)[nH]c2c1C. The Balaban J connectivity index is 1.66. The number of amides is 2. The first kappa shape index (κ1) is 21.2. The Morgan fingerprint density at radius 1 is 1.10 bits per heavy atom. The largest absolute Gasteiger partial charge is 0.322 e. The lowest BCUT2D eigenvalue weighted by Crippen LogP contribution is -2.35. The van der Waals surface area contributed by atoms with Gasteiger partial charge in [-0.15, -0.1) is 11.3 Å². The van der Waals surface area contributed by atoms with E-state index < -0.39 is 0 Å². The molecular formula is C24H22ClN3O2S. The number of halogens is 1. The van der Waals surface area contributed by atoms with Crippen LogP contribution in [0, 0.1) is 13.8 Å². The Kier molecular flexibility index (Phi) is 6.11. The van der Waals surface area contributed by atoms with Crippen LogP contribution in [0.15, 0.2) is 64.8 Å².